The third-order valence-corrected chi connectivity index (χ3v) is 7.18. The van der Waals surface area contributed by atoms with Crippen molar-refractivity contribution in [1.82, 2.24) is 0 Å². The van der Waals surface area contributed by atoms with E-state index in [4.69, 9.17) is 15.3 Å². The minimum absolute atomic E-state index is 0.182. The molecular weight excluding hydrogens is 175 g/mol. The zero-order chi connectivity index (χ0) is 9.45. The second-order valence-corrected chi connectivity index (χ2v) is 7.66. The van der Waals surface area contributed by atoms with Gasteiger partial charge < -0.3 is 15.3 Å². The molecule has 74 valence electrons. The zero-order valence-corrected chi connectivity index (χ0v) is 8.63. The molecule has 0 aromatic heterocycles. The second-order valence-electron chi connectivity index (χ2n) is 3.00. The predicted molar refractivity (Wildman–Crippen MR) is 53.3 cm³/mol. The largest absolute Gasteiger partial charge is 0.393 e. The van der Waals surface area contributed by atoms with Crippen LogP contribution in [0.25, 0.3) is 0 Å². The van der Waals surface area contributed by atoms with Gasteiger partial charge in [0.05, 0.1) is 44.5 Å². The third-order valence-electron chi connectivity index (χ3n) is 2.39. The van der Waals surface area contributed by atoms with Gasteiger partial charge >= 0.3 is 0 Å². The first-order valence-corrected chi connectivity index (χ1v) is 6.95. The fourth-order valence-electron chi connectivity index (χ4n) is 1.45. The first kappa shape index (κ1) is 12.3. The van der Waals surface area contributed by atoms with Crippen molar-refractivity contribution in [3.05, 3.63) is 0 Å². The van der Waals surface area contributed by atoms with E-state index in [1.165, 1.54) is 0 Å². The summed E-state index contributed by atoms with van der Waals surface area (Å²) in [6.07, 6.45) is 3.36. The first-order valence-electron chi connectivity index (χ1n) is 4.42. The maximum Gasteiger partial charge on any atom is 0.0826 e. The molecule has 4 heteroatoms. The molecule has 0 fully saturated rings. The Hall–Kier alpha value is 0.310. The van der Waals surface area contributed by atoms with Gasteiger partial charge in [0.2, 0.25) is 0 Å². The van der Waals surface area contributed by atoms with E-state index in [0.717, 1.165) is 24.6 Å². The van der Waals surface area contributed by atoms with Crippen LogP contribution in [0.15, 0.2) is 0 Å². The molecule has 0 radical (unpaired) electrons. The SMILES string of the molecule is CC[P+](CCO)(CCO)CCO. The van der Waals surface area contributed by atoms with Crippen LogP contribution in [0, 0.1) is 0 Å². The quantitative estimate of drug-likeness (QED) is 0.501. The van der Waals surface area contributed by atoms with Gasteiger partial charge in [0.1, 0.15) is 0 Å². The molecule has 3 nitrogen and oxygen atoms in total. The van der Waals surface area contributed by atoms with E-state index < -0.39 is 7.26 Å². The van der Waals surface area contributed by atoms with E-state index in [9.17, 15) is 0 Å². The van der Waals surface area contributed by atoms with Gasteiger partial charge in [0, 0.05) is 7.26 Å². The highest BCUT2D eigenvalue weighted by molar-refractivity contribution is 7.75. The summed E-state index contributed by atoms with van der Waals surface area (Å²) in [5.41, 5.74) is 0. The van der Waals surface area contributed by atoms with E-state index in [-0.39, 0.29) is 19.8 Å². The van der Waals surface area contributed by atoms with Crippen LogP contribution in [-0.2, 0) is 0 Å². The molecule has 0 saturated heterocycles. The summed E-state index contributed by atoms with van der Waals surface area (Å²) in [5.74, 6) is 0. The van der Waals surface area contributed by atoms with Crippen LogP contribution < -0.4 is 0 Å². The Morgan fingerprint density at radius 1 is 0.833 bits per heavy atom. The highest BCUT2D eigenvalue weighted by Gasteiger charge is 2.33. The second kappa shape index (κ2) is 6.79. The fraction of sp³-hybridized carbons (Fsp3) is 1.00. The predicted octanol–water partition coefficient (Wildman–Crippen LogP) is 0.000800. The molecule has 0 unspecified atom stereocenters. The molecular formula is C8H20O3P+. The molecule has 12 heavy (non-hydrogen) atoms. The van der Waals surface area contributed by atoms with Crippen molar-refractivity contribution in [2.75, 3.05) is 44.5 Å². The maximum absolute atomic E-state index is 8.85. The molecule has 0 aliphatic heterocycles. The number of hydrogen-bond donors (Lipinski definition) is 3. The third kappa shape index (κ3) is 3.81. The highest BCUT2D eigenvalue weighted by Crippen LogP contribution is 2.57. The van der Waals surface area contributed by atoms with E-state index in [1.54, 1.807) is 0 Å². The van der Waals surface area contributed by atoms with Crippen LogP contribution in [0.4, 0.5) is 0 Å². The Bertz CT molecular complexity index is 91.5. The van der Waals surface area contributed by atoms with Gasteiger partial charge in [-0.25, -0.2) is 0 Å². The Kier molecular flexibility index (Phi) is 6.96. The van der Waals surface area contributed by atoms with Crippen molar-refractivity contribution in [3.8, 4) is 0 Å². The van der Waals surface area contributed by atoms with Crippen molar-refractivity contribution in [2.45, 2.75) is 6.92 Å². The molecule has 0 bridgehead atoms. The lowest BCUT2D eigenvalue weighted by atomic mass is 10.8. The Labute approximate surface area is 74.8 Å². The summed E-state index contributed by atoms with van der Waals surface area (Å²) in [5, 5.41) is 26.6. The van der Waals surface area contributed by atoms with E-state index in [0.29, 0.717) is 0 Å². The molecule has 3 N–H and O–H groups in total. The van der Waals surface area contributed by atoms with Crippen LogP contribution in [0.3, 0.4) is 0 Å². The van der Waals surface area contributed by atoms with Crippen molar-refractivity contribution in [2.24, 2.45) is 0 Å². The van der Waals surface area contributed by atoms with Crippen LogP contribution in [0.5, 0.6) is 0 Å². The summed E-state index contributed by atoms with van der Waals surface area (Å²) in [6, 6.07) is 0. The van der Waals surface area contributed by atoms with E-state index in [1.807, 2.05) is 0 Å². The molecule has 0 amide bonds. The zero-order valence-electron chi connectivity index (χ0n) is 7.74. The molecule has 0 aliphatic rings. The average Bonchev–Trinajstić information content (AvgIpc) is 2.06. The minimum Gasteiger partial charge on any atom is -0.393 e. The molecule has 0 aromatic rings. The van der Waals surface area contributed by atoms with Gasteiger partial charge in [-0.1, -0.05) is 0 Å². The standard InChI is InChI=1S/C8H20O3P/c1-2-12(6-3-9,7-4-10)8-5-11/h9-11H,2-8H2,1H3/q+1. The van der Waals surface area contributed by atoms with Gasteiger partial charge in [-0.3, -0.25) is 0 Å². The molecule has 0 rings (SSSR count). The average molecular weight is 195 g/mol. The summed E-state index contributed by atoms with van der Waals surface area (Å²) in [6.45, 7) is 2.62. The van der Waals surface area contributed by atoms with Gasteiger partial charge in [0.15, 0.2) is 0 Å². The van der Waals surface area contributed by atoms with E-state index >= 15 is 0 Å². The van der Waals surface area contributed by atoms with Gasteiger partial charge in [-0.15, -0.1) is 0 Å². The molecule has 0 atom stereocenters. The topological polar surface area (TPSA) is 60.7 Å². The van der Waals surface area contributed by atoms with Crippen LogP contribution in [-0.4, -0.2) is 59.8 Å². The van der Waals surface area contributed by atoms with Crippen molar-refractivity contribution >= 4 is 7.26 Å². The van der Waals surface area contributed by atoms with Gasteiger partial charge in [0.25, 0.3) is 0 Å². The molecule has 0 heterocycles. The Balaban J connectivity index is 4.06. The van der Waals surface area contributed by atoms with Gasteiger partial charge in [-0.2, -0.15) is 0 Å². The van der Waals surface area contributed by atoms with Gasteiger partial charge in [-0.05, 0) is 6.92 Å². The highest BCUT2D eigenvalue weighted by atomic mass is 31.2. The Morgan fingerprint density at radius 2 is 1.17 bits per heavy atom. The van der Waals surface area contributed by atoms with Crippen LogP contribution in [0.2, 0.25) is 0 Å². The lowest BCUT2D eigenvalue weighted by molar-refractivity contribution is 0.308. The number of hydrogen-bond acceptors (Lipinski definition) is 3. The summed E-state index contributed by atoms with van der Waals surface area (Å²) in [7, 11) is -1.23. The molecule has 0 aliphatic carbocycles. The monoisotopic (exact) mass is 195 g/mol. The lowest BCUT2D eigenvalue weighted by Crippen LogP contribution is -2.16. The molecule has 0 spiro atoms. The number of rotatable bonds is 7. The van der Waals surface area contributed by atoms with Crippen molar-refractivity contribution in [1.29, 1.82) is 0 Å². The normalized spacial score (nSPS) is 12.0. The summed E-state index contributed by atoms with van der Waals surface area (Å²) in [4.78, 5) is 0. The minimum atomic E-state index is -1.23. The lowest BCUT2D eigenvalue weighted by Gasteiger charge is -2.23. The number of aliphatic hydroxyl groups excluding tert-OH is 3. The van der Waals surface area contributed by atoms with Crippen LogP contribution >= 0.6 is 7.26 Å². The van der Waals surface area contributed by atoms with Crippen molar-refractivity contribution in [3.63, 3.8) is 0 Å². The molecule has 0 aromatic carbocycles. The first-order chi connectivity index (χ1) is 5.74. The fourth-order valence-corrected chi connectivity index (χ4v) is 4.34. The number of aliphatic hydroxyl groups is 3. The summed E-state index contributed by atoms with van der Waals surface area (Å²) < 4.78 is 0. The Morgan fingerprint density at radius 3 is 1.33 bits per heavy atom. The van der Waals surface area contributed by atoms with Crippen LogP contribution in [0.1, 0.15) is 6.92 Å². The maximum atomic E-state index is 8.85. The molecule has 0 saturated carbocycles. The summed E-state index contributed by atoms with van der Waals surface area (Å²) >= 11 is 0. The van der Waals surface area contributed by atoms with E-state index in [2.05, 4.69) is 6.92 Å². The van der Waals surface area contributed by atoms with Crippen molar-refractivity contribution < 1.29 is 15.3 Å². The smallest absolute Gasteiger partial charge is 0.0826 e.